The van der Waals surface area contributed by atoms with Crippen molar-refractivity contribution < 1.29 is 22.7 Å². The third-order valence-electron chi connectivity index (χ3n) is 6.08. The van der Waals surface area contributed by atoms with Gasteiger partial charge in [0.15, 0.2) is 9.84 Å². The van der Waals surface area contributed by atoms with Crippen LogP contribution < -0.4 is 15.4 Å². The summed E-state index contributed by atoms with van der Waals surface area (Å²) in [4.78, 5) is 21.0. The van der Waals surface area contributed by atoms with E-state index in [0.29, 0.717) is 57.9 Å². The molecule has 1 aromatic heterocycles. The summed E-state index contributed by atoms with van der Waals surface area (Å²) in [6, 6.07) is 11.6. The molecule has 3 aromatic rings. The summed E-state index contributed by atoms with van der Waals surface area (Å²) in [5.74, 6) is 1.85. The average molecular weight is 541 g/mol. The van der Waals surface area contributed by atoms with Crippen LogP contribution >= 0.6 is 11.6 Å². The first-order valence-corrected chi connectivity index (χ1v) is 13.8. The Morgan fingerprint density at radius 1 is 1.19 bits per heavy atom. The van der Waals surface area contributed by atoms with Gasteiger partial charge in [-0.15, -0.1) is 0 Å². The number of esters is 1. The van der Waals surface area contributed by atoms with Crippen LogP contribution in [-0.2, 0) is 19.4 Å². The van der Waals surface area contributed by atoms with Crippen molar-refractivity contribution in [3.63, 3.8) is 0 Å². The molecule has 2 aromatic carbocycles. The number of carbonyl (C=O) groups is 1. The third kappa shape index (κ3) is 5.86. The number of benzene rings is 2. The fraction of sp³-hybridized carbons (Fsp3) is 0.269. The van der Waals surface area contributed by atoms with Crippen LogP contribution in [0.25, 0.3) is 6.08 Å². The van der Waals surface area contributed by atoms with E-state index in [1.807, 2.05) is 0 Å². The number of anilines is 3. The SMILES string of the molecule is COC(=O)C1=Cc2c(ncnc2Nc2ccc(Oc3cccc(S(=O)(=O)CC4CC4)c3)c(Cl)c2)NCC1. The molecular weight excluding hydrogens is 516 g/mol. The molecule has 2 N–H and O–H groups in total. The second kappa shape index (κ2) is 10.4. The zero-order chi connectivity index (χ0) is 26.0. The number of hydrogen-bond donors (Lipinski definition) is 2. The fourth-order valence-electron chi connectivity index (χ4n) is 3.97. The first-order chi connectivity index (χ1) is 17.8. The highest BCUT2D eigenvalue weighted by atomic mass is 35.5. The highest BCUT2D eigenvalue weighted by molar-refractivity contribution is 7.91. The van der Waals surface area contributed by atoms with E-state index in [1.165, 1.54) is 19.5 Å². The second-order valence-electron chi connectivity index (χ2n) is 8.89. The molecule has 0 unspecified atom stereocenters. The smallest absolute Gasteiger partial charge is 0.333 e. The van der Waals surface area contributed by atoms with Crippen LogP contribution in [0.2, 0.25) is 5.02 Å². The van der Waals surface area contributed by atoms with E-state index < -0.39 is 15.8 Å². The molecule has 0 bridgehead atoms. The number of nitrogens with zero attached hydrogens (tertiary/aromatic N) is 2. The van der Waals surface area contributed by atoms with Gasteiger partial charge in [-0.25, -0.2) is 23.2 Å². The number of fused-ring (bicyclic) bond motifs is 1. The Balaban J connectivity index is 1.36. The molecule has 192 valence electrons. The van der Waals surface area contributed by atoms with Crippen molar-refractivity contribution in [2.24, 2.45) is 5.92 Å². The van der Waals surface area contributed by atoms with Gasteiger partial charge >= 0.3 is 5.97 Å². The van der Waals surface area contributed by atoms with Crippen molar-refractivity contribution in [1.82, 2.24) is 9.97 Å². The average Bonchev–Trinajstić information content (AvgIpc) is 3.71. The summed E-state index contributed by atoms with van der Waals surface area (Å²) in [5, 5.41) is 6.73. The molecule has 0 atom stereocenters. The van der Waals surface area contributed by atoms with Gasteiger partial charge in [-0.1, -0.05) is 17.7 Å². The zero-order valence-corrected chi connectivity index (χ0v) is 21.6. The molecule has 9 nitrogen and oxygen atoms in total. The third-order valence-corrected chi connectivity index (χ3v) is 8.25. The van der Waals surface area contributed by atoms with Gasteiger partial charge in [-0.2, -0.15) is 0 Å². The lowest BCUT2D eigenvalue weighted by atomic mass is 10.1. The van der Waals surface area contributed by atoms with Crippen molar-refractivity contribution in [1.29, 1.82) is 0 Å². The van der Waals surface area contributed by atoms with E-state index >= 15 is 0 Å². The molecule has 0 spiro atoms. The Hall–Kier alpha value is -3.63. The van der Waals surface area contributed by atoms with Crippen LogP contribution in [-0.4, -0.2) is 43.8 Å². The number of methoxy groups -OCH3 is 1. The topological polar surface area (TPSA) is 120 Å². The molecule has 0 saturated heterocycles. The lowest BCUT2D eigenvalue weighted by Crippen LogP contribution is -2.08. The molecule has 0 radical (unpaired) electrons. The largest absolute Gasteiger partial charge is 0.466 e. The quantitative estimate of drug-likeness (QED) is 0.370. The predicted molar refractivity (Wildman–Crippen MR) is 141 cm³/mol. The van der Waals surface area contributed by atoms with Crippen molar-refractivity contribution >= 4 is 50.8 Å². The summed E-state index contributed by atoms with van der Waals surface area (Å²) in [6.07, 6.45) is 5.55. The Labute approximate surface area is 219 Å². The van der Waals surface area contributed by atoms with E-state index in [4.69, 9.17) is 21.1 Å². The van der Waals surface area contributed by atoms with Gasteiger partial charge in [0, 0.05) is 17.8 Å². The number of halogens is 1. The van der Waals surface area contributed by atoms with E-state index in [0.717, 1.165) is 12.8 Å². The number of rotatable bonds is 8. The minimum Gasteiger partial charge on any atom is -0.466 e. The first-order valence-electron chi connectivity index (χ1n) is 11.8. The van der Waals surface area contributed by atoms with Crippen LogP contribution in [0.1, 0.15) is 24.8 Å². The fourth-order valence-corrected chi connectivity index (χ4v) is 5.92. The maximum absolute atomic E-state index is 12.6. The molecule has 2 heterocycles. The predicted octanol–water partition coefficient (Wildman–Crippen LogP) is 5.22. The molecule has 1 aliphatic heterocycles. The van der Waals surface area contributed by atoms with Crippen LogP contribution in [0.4, 0.5) is 17.3 Å². The highest BCUT2D eigenvalue weighted by Crippen LogP contribution is 2.36. The lowest BCUT2D eigenvalue weighted by molar-refractivity contribution is -0.136. The molecule has 2 aliphatic rings. The molecule has 37 heavy (non-hydrogen) atoms. The Bertz CT molecular complexity index is 1490. The number of carbonyl (C=O) groups excluding carboxylic acids is 1. The Morgan fingerprint density at radius 2 is 2.03 bits per heavy atom. The first kappa shape index (κ1) is 25.0. The number of sulfone groups is 1. The Kier molecular flexibility index (Phi) is 7.03. The van der Waals surface area contributed by atoms with Gasteiger partial charge < -0.3 is 20.1 Å². The second-order valence-corrected chi connectivity index (χ2v) is 11.3. The van der Waals surface area contributed by atoms with E-state index in [1.54, 1.807) is 42.5 Å². The molecular formula is C26H25ClN4O5S. The molecule has 1 aliphatic carbocycles. The standard InChI is InChI=1S/C26H25ClN4O5S/c1-35-26(32)17-9-10-28-24-21(11-17)25(30-15-29-24)31-18-7-8-23(22(27)12-18)36-19-3-2-4-20(13-19)37(33,34)14-16-5-6-16/h2-4,7-8,11-13,15-16H,5-6,9-10,14H2,1H3,(H2,28,29,30,31). The number of nitrogens with one attached hydrogen (secondary N) is 2. The molecule has 1 fully saturated rings. The summed E-state index contributed by atoms with van der Waals surface area (Å²) < 4.78 is 36.1. The van der Waals surface area contributed by atoms with Gasteiger partial charge in [-0.05, 0) is 67.7 Å². The van der Waals surface area contributed by atoms with Crippen LogP contribution in [0.3, 0.4) is 0 Å². The molecule has 0 amide bonds. The van der Waals surface area contributed by atoms with Gasteiger partial charge in [0.05, 0.1) is 28.3 Å². The zero-order valence-electron chi connectivity index (χ0n) is 20.0. The maximum atomic E-state index is 12.6. The summed E-state index contributed by atoms with van der Waals surface area (Å²) in [6.45, 7) is 0.533. The maximum Gasteiger partial charge on any atom is 0.333 e. The monoisotopic (exact) mass is 540 g/mol. The number of aromatic nitrogens is 2. The highest BCUT2D eigenvalue weighted by Gasteiger charge is 2.29. The van der Waals surface area contributed by atoms with Gasteiger partial charge in [0.1, 0.15) is 29.5 Å². The van der Waals surface area contributed by atoms with Crippen LogP contribution in [0.5, 0.6) is 11.5 Å². The summed E-state index contributed by atoms with van der Waals surface area (Å²) in [7, 11) is -2.01. The normalized spacial score (nSPS) is 15.0. The number of ether oxygens (including phenoxy) is 2. The summed E-state index contributed by atoms with van der Waals surface area (Å²) in [5.41, 5.74) is 1.77. The molecule has 1 saturated carbocycles. The summed E-state index contributed by atoms with van der Waals surface area (Å²) >= 11 is 6.50. The molecule has 5 rings (SSSR count). The van der Waals surface area contributed by atoms with Crippen molar-refractivity contribution in [2.75, 3.05) is 30.0 Å². The van der Waals surface area contributed by atoms with Crippen molar-refractivity contribution in [3.8, 4) is 11.5 Å². The van der Waals surface area contributed by atoms with Crippen molar-refractivity contribution in [3.05, 3.63) is 65.0 Å². The van der Waals surface area contributed by atoms with Gasteiger partial charge in [0.25, 0.3) is 0 Å². The minimum atomic E-state index is -3.36. The lowest BCUT2D eigenvalue weighted by Gasteiger charge is -2.13. The van der Waals surface area contributed by atoms with E-state index in [-0.39, 0.29) is 16.6 Å². The minimum absolute atomic E-state index is 0.163. The number of hydrogen-bond acceptors (Lipinski definition) is 9. The Morgan fingerprint density at radius 3 is 2.78 bits per heavy atom. The van der Waals surface area contributed by atoms with Crippen LogP contribution in [0, 0.1) is 5.92 Å². The van der Waals surface area contributed by atoms with Gasteiger partial charge in [-0.3, -0.25) is 0 Å². The molecule has 11 heteroatoms. The van der Waals surface area contributed by atoms with Gasteiger partial charge in [0.2, 0.25) is 0 Å². The van der Waals surface area contributed by atoms with Crippen LogP contribution in [0.15, 0.2) is 59.3 Å². The van der Waals surface area contributed by atoms with E-state index in [9.17, 15) is 13.2 Å². The van der Waals surface area contributed by atoms with E-state index in [2.05, 4.69) is 20.6 Å². The van der Waals surface area contributed by atoms with Crippen molar-refractivity contribution in [2.45, 2.75) is 24.2 Å².